The van der Waals surface area contributed by atoms with Gasteiger partial charge in [-0.25, -0.2) is 0 Å². The van der Waals surface area contributed by atoms with Crippen molar-refractivity contribution in [1.82, 2.24) is 10.2 Å². The highest BCUT2D eigenvalue weighted by atomic mass is 16.5. The standard InChI is InChI=1S/C14H28N2O/c1-11(12-5-8-17-10-12)16-7-6-15-13(9-16)14(2,3)4/h11-13,15H,5-10H2,1-4H3. The molecule has 1 N–H and O–H groups in total. The summed E-state index contributed by atoms with van der Waals surface area (Å²) in [5, 5.41) is 3.66. The summed E-state index contributed by atoms with van der Waals surface area (Å²) in [6.45, 7) is 14.8. The van der Waals surface area contributed by atoms with Crippen LogP contribution in [0, 0.1) is 11.3 Å². The van der Waals surface area contributed by atoms with E-state index in [1.54, 1.807) is 0 Å². The van der Waals surface area contributed by atoms with Gasteiger partial charge in [0.25, 0.3) is 0 Å². The Morgan fingerprint density at radius 3 is 2.71 bits per heavy atom. The molecule has 2 heterocycles. The van der Waals surface area contributed by atoms with E-state index >= 15 is 0 Å². The summed E-state index contributed by atoms with van der Waals surface area (Å²) >= 11 is 0. The zero-order chi connectivity index (χ0) is 12.5. The van der Waals surface area contributed by atoms with E-state index in [9.17, 15) is 0 Å². The first-order valence-electron chi connectivity index (χ1n) is 7.03. The number of rotatable bonds is 2. The van der Waals surface area contributed by atoms with E-state index in [-0.39, 0.29) is 0 Å². The number of ether oxygens (including phenoxy) is 1. The molecule has 0 aromatic heterocycles. The first kappa shape index (κ1) is 13.3. The molecule has 0 aliphatic carbocycles. The molecule has 0 radical (unpaired) electrons. The second-order valence-electron chi connectivity index (χ2n) is 6.73. The van der Waals surface area contributed by atoms with Crippen molar-refractivity contribution in [3.63, 3.8) is 0 Å². The van der Waals surface area contributed by atoms with Crippen LogP contribution in [0.4, 0.5) is 0 Å². The predicted octanol–water partition coefficient (Wildman–Crippen LogP) is 1.73. The maximum absolute atomic E-state index is 5.52. The molecule has 17 heavy (non-hydrogen) atoms. The quantitative estimate of drug-likeness (QED) is 0.795. The molecule has 0 aromatic rings. The third-order valence-electron chi connectivity index (χ3n) is 4.48. The summed E-state index contributed by atoms with van der Waals surface area (Å²) in [6, 6.07) is 1.28. The maximum atomic E-state index is 5.52. The highest BCUT2D eigenvalue weighted by molar-refractivity contribution is 4.90. The smallest absolute Gasteiger partial charge is 0.0509 e. The van der Waals surface area contributed by atoms with Crippen LogP contribution in [0.5, 0.6) is 0 Å². The molecule has 2 aliphatic rings. The first-order valence-corrected chi connectivity index (χ1v) is 7.03. The van der Waals surface area contributed by atoms with Gasteiger partial charge < -0.3 is 10.1 Å². The highest BCUT2D eigenvalue weighted by Crippen LogP contribution is 2.26. The van der Waals surface area contributed by atoms with Gasteiger partial charge in [0.05, 0.1) is 6.61 Å². The van der Waals surface area contributed by atoms with E-state index in [4.69, 9.17) is 4.74 Å². The zero-order valence-corrected chi connectivity index (χ0v) is 11.8. The molecule has 0 aromatic carbocycles. The molecule has 3 unspecified atom stereocenters. The van der Waals surface area contributed by atoms with Crippen molar-refractivity contribution >= 4 is 0 Å². The fourth-order valence-electron chi connectivity index (χ4n) is 2.95. The van der Waals surface area contributed by atoms with Crippen LogP contribution in [0.2, 0.25) is 0 Å². The molecule has 2 aliphatic heterocycles. The second-order valence-corrected chi connectivity index (χ2v) is 6.73. The molecule has 100 valence electrons. The molecule has 0 amide bonds. The summed E-state index contributed by atoms with van der Waals surface area (Å²) in [7, 11) is 0. The number of hydrogen-bond acceptors (Lipinski definition) is 3. The summed E-state index contributed by atoms with van der Waals surface area (Å²) in [6.07, 6.45) is 1.24. The van der Waals surface area contributed by atoms with Gasteiger partial charge in [-0.2, -0.15) is 0 Å². The van der Waals surface area contributed by atoms with Crippen molar-refractivity contribution in [2.45, 2.75) is 46.2 Å². The van der Waals surface area contributed by atoms with Crippen molar-refractivity contribution < 1.29 is 4.74 Å². The number of piperazine rings is 1. The van der Waals surface area contributed by atoms with Crippen LogP contribution in [-0.4, -0.2) is 49.8 Å². The average molecular weight is 240 g/mol. The molecule has 0 bridgehead atoms. The van der Waals surface area contributed by atoms with E-state index in [1.165, 1.54) is 19.5 Å². The Kier molecular flexibility index (Phi) is 4.11. The fourth-order valence-corrected chi connectivity index (χ4v) is 2.95. The molecule has 3 atom stereocenters. The van der Waals surface area contributed by atoms with E-state index in [2.05, 4.69) is 37.9 Å². The minimum Gasteiger partial charge on any atom is -0.381 e. The van der Waals surface area contributed by atoms with Gasteiger partial charge in [0, 0.05) is 38.3 Å². The zero-order valence-electron chi connectivity index (χ0n) is 11.8. The normalized spacial score (nSPS) is 33.9. The first-order chi connectivity index (χ1) is 7.98. The van der Waals surface area contributed by atoms with E-state index < -0.39 is 0 Å². The molecule has 0 spiro atoms. The van der Waals surface area contributed by atoms with Gasteiger partial charge in [0.1, 0.15) is 0 Å². The number of nitrogens with zero attached hydrogens (tertiary/aromatic N) is 1. The lowest BCUT2D eigenvalue weighted by Gasteiger charge is -2.44. The third kappa shape index (κ3) is 3.21. The minimum absolute atomic E-state index is 0.352. The van der Waals surface area contributed by atoms with Crippen molar-refractivity contribution in [1.29, 1.82) is 0 Å². The molecule has 0 saturated carbocycles. The van der Waals surface area contributed by atoms with Crippen LogP contribution in [0.3, 0.4) is 0 Å². The molecule has 2 rings (SSSR count). The molecular formula is C14H28N2O. The van der Waals surface area contributed by atoms with Crippen molar-refractivity contribution in [3.8, 4) is 0 Å². The molecule has 2 saturated heterocycles. The second kappa shape index (κ2) is 5.25. The lowest BCUT2D eigenvalue weighted by Crippen LogP contribution is -2.58. The summed E-state index contributed by atoms with van der Waals surface area (Å²) in [5.41, 5.74) is 0.352. The Bertz CT molecular complexity index is 243. The van der Waals surface area contributed by atoms with Gasteiger partial charge in [-0.05, 0) is 24.7 Å². The Balaban J connectivity index is 1.92. The molecule has 3 heteroatoms. The molecular weight excluding hydrogens is 212 g/mol. The summed E-state index contributed by atoms with van der Waals surface area (Å²) in [5.74, 6) is 0.744. The predicted molar refractivity (Wildman–Crippen MR) is 71.2 cm³/mol. The summed E-state index contributed by atoms with van der Waals surface area (Å²) < 4.78 is 5.52. The van der Waals surface area contributed by atoms with Crippen LogP contribution in [0.25, 0.3) is 0 Å². The minimum atomic E-state index is 0.352. The van der Waals surface area contributed by atoms with Crippen molar-refractivity contribution in [2.24, 2.45) is 11.3 Å². The van der Waals surface area contributed by atoms with Gasteiger partial charge in [-0.3, -0.25) is 4.90 Å². The van der Waals surface area contributed by atoms with Crippen LogP contribution in [0.1, 0.15) is 34.1 Å². The van der Waals surface area contributed by atoms with Crippen LogP contribution < -0.4 is 5.32 Å². The van der Waals surface area contributed by atoms with Crippen LogP contribution >= 0.6 is 0 Å². The van der Waals surface area contributed by atoms with Crippen LogP contribution in [-0.2, 0) is 4.74 Å². The number of hydrogen-bond donors (Lipinski definition) is 1. The topological polar surface area (TPSA) is 24.5 Å². The van der Waals surface area contributed by atoms with E-state index in [1.807, 2.05) is 0 Å². The molecule has 2 fully saturated rings. The monoisotopic (exact) mass is 240 g/mol. The molecule has 3 nitrogen and oxygen atoms in total. The van der Waals surface area contributed by atoms with Gasteiger partial charge in [0.15, 0.2) is 0 Å². The maximum Gasteiger partial charge on any atom is 0.0509 e. The highest BCUT2D eigenvalue weighted by Gasteiger charge is 2.34. The summed E-state index contributed by atoms with van der Waals surface area (Å²) in [4.78, 5) is 2.66. The van der Waals surface area contributed by atoms with Gasteiger partial charge in [-0.15, -0.1) is 0 Å². The lowest BCUT2D eigenvalue weighted by atomic mass is 9.84. The van der Waals surface area contributed by atoms with E-state index in [0.717, 1.165) is 25.7 Å². The largest absolute Gasteiger partial charge is 0.381 e. The van der Waals surface area contributed by atoms with Gasteiger partial charge >= 0.3 is 0 Å². The van der Waals surface area contributed by atoms with Crippen molar-refractivity contribution in [2.75, 3.05) is 32.8 Å². The fraction of sp³-hybridized carbons (Fsp3) is 1.00. The van der Waals surface area contributed by atoms with Gasteiger partial charge in [0.2, 0.25) is 0 Å². The van der Waals surface area contributed by atoms with E-state index in [0.29, 0.717) is 17.5 Å². The third-order valence-corrected chi connectivity index (χ3v) is 4.48. The Labute approximate surface area is 106 Å². The average Bonchev–Trinajstić information content (AvgIpc) is 2.80. The lowest BCUT2D eigenvalue weighted by molar-refractivity contribution is 0.0725. The number of nitrogens with one attached hydrogen (secondary N) is 1. The Hall–Kier alpha value is -0.120. The van der Waals surface area contributed by atoms with Gasteiger partial charge in [-0.1, -0.05) is 20.8 Å². The van der Waals surface area contributed by atoms with Crippen molar-refractivity contribution in [3.05, 3.63) is 0 Å². The Morgan fingerprint density at radius 2 is 2.12 bits per heavy atom. The van der Waals surface area contributed by atoms with Crippen LogP contribution in [0.15, 0.2) is 0 Å². The SMILES string of the molecule is CC(C1CCOC1)N1CCNC(C(C)(C)C)C1. The Morgan fingerprint density at radius 1 is 1.35 bits per heavy atom.